The quantitative estimate of drug-likeness (QED) is 0.549. The Balaban J connectivity index is 1.93. The van der Waals surface area contributed by atoms with E-state index in [1.165, 1.54) is 11.8 Å². The molecule has 0 bridgehead atoms. The Labute approximate surface area is 164 Å². The summed E-state index contributed by atoms with van der Waals surface area (Å²) in [6, 6.07) is 10.7. The highest BCUT2D eigenvalue weighted by molar-refractivity contribution is 7.88. The molecule has 1 aliphatic heterocycles. The summed E-state index contributed by atoms with van der Waals surface area (Å²) in [4.78, 5) is 7.00. The monoisotopic (exact) mass is 394 g/mol. The van der Waals surface area contributed by atoms with Gasteiger partial charge in [-0.3, -0.25) is 4.99 Å². The van der Waals surface area contributed by atoms with Gasteiger partial charge in [0.05, 0.1) is 12.8 Å². The highest BCUT2D eigenvalue weighted by Gasteiger charge is 2.24. The average molecular weight is 395 g/mol. The molecule has 152 valence electrons. The van der Waals surface area contributed by atoms with Crippen LogP contribution in [0.1, 0.15) is 39.2 Å². The molecule has 1 aliphatic rings. The van der Waals surface area contributed by atoms with Crippen molar-refractivity contribution in [2.75, 3.05) is 32.4 Å². The molecule has 0 aromatic heterocycles. The molecule has 2 rings (SSSR count). The zero-order chi connectivity index (χ0) is 19.9. The zero-order valence-corrected chi connectivity index (χ0v) is 17.8. The topological polar surface area (TPSA) is 73.8 Å². The molecule has 0 amide bonds. The molecule has 0 saturated carbocycles. The van der Waals surface area contributed by atoms with Crippen molar-refractivity contribution >= 4 is 16.0 Å². The Morgan fingerprint density at radius 3 is 2.41 bits per heavy atom. The Morgan fingerprint density at radius 1 is 1.22 bits per heavy atom. The van der Waals surface area contributed by atoms with Gasteiger partial charge >= 0.3 is 0 Å². The lowest BCUT2D eigenvalue weighted by Gasteiger charge is -2.35. The van der Waals surface area contributed by atoms with Crippen LogP contribution in [0.15, 0.2) is 35.3 Å². The zero-order valence-electron chi connectivity index (χ0n) is 17.0. The van der Waals surface area contributed by atoms with E-state index in [-0.39, 0.29) is 0 Å². The second-order valence-corrected chi connectivity index (χ2v) is 9.80. The van der Waals surface area contributed by atoms with Crippen LogP contribution in [-0.4, -0.2) is 57.3 Å². The summed E-state index contributed by atoms with van der Waals surface area (Å²) >= 11 is 0. The Morgan fingerprint density at radius 2 is 1.85 bits per heavy atom. The van der Waals surface area contributed by atoms with Crippen LogP contribution in [-0.2, 0) is 16.4 Å². The minimum Gasteiger partial charge on any atom is -0.357 e. The fraction of sp³-hybridized carbons (Fsp3) is 0.650. The van der Waals surface area contributed by atoms with Gasteiger partial charge in [0.15, 0.2) is 5.96 Å². The van der Waals surface area contributed by atoms with E-state index in [2.05, 4.69) is 52.2 Å². The van der Waals surface area contributed by atoms with Crippen molar-refractivity contribution in [3.8, 4) is 0 Å². The van der Waals surface area contributed by atoms with E-state index in [1.54, 1.807) is 0 Å². The van der Waals surface area contributed by atoms with Crippen LogP contribution in [0.4, 0.5) is 0 Å². The van der Waals surface area contributed by atoms with Crippen molar-refractivity contribution in [2.24, 2.45) is 10.9 Å². The van der Waals surface area contributed by atoms with Crippen LogP contribution in [0.25, 0.3) is 0 Å². The summed E-state index contributed by atoms with van der Waals surface area (Å²) in [6.07, 6.45) is 4.60. The molecule has 1 aromatic carbocycles. The van der Waals surface area contributed by atoms with Crippen molar-refractivity contribution in [1.82, 2.24) is 14.9 Å². The third kappa shape index (κ3) is 7.89. The van der Waals surface area contributed by atoms with E-state index in [0.717, 1.165) is 44.9 Å². The second kappa shape index (κ2) is 9.55. The summed E-state index contributed by atoms with van der Waals surface area (Å²) in [6.45, 7) is 8.90. The number of likely N-dealkylation sites (tertiary alicyclic amines) is 1. The summed E-state index contributed by atoms with van der Waals surface area (Å²) in [5, 5.41) is 3.35. The van der Waals surface area contributed by atoms with Crippen molar-refractivity contribution in [1.29, 1.82) is 0 Å². The van der Waals surface area contributed by atoms with Crippen molar-refractivity contribution in [3.05, 3.63) is 35.9 Å². The Hall–Kier alpha value is -1.60. The van der Waals surface area contributed by atoms with Crippen LogP contribution in [0, 0.1) is 5.92 Å². The van der Waals surface area contributed by atoms with Gasteiger partial charge in [-0.05, 0) is 51.5 Å². The maximum Gasteiger partial charge on any atom is 0.209 e. The van der Waals surface area contributed by atoms with Crippen molar-refractivity contribution in [3.63, 3.8) is 0 Å². The number of aliphatic imine (C=N–C) groups is 1. The summed E-state index contributed by atoms with van der Waals surface area (Å²) in [7, 11) is -3.26. The number of guanidine groups is 1. The molecule has 2 N–H and O–H groups in total. The molecule has 0 unspecified atom stereocenters. The third-order valence-electron chi connectivity index (χ3n) is 4.70. The molecule has 0 spiro atoms. The summed E-state index contributed by atoms with van der Waals surface area (Å²) < 4.78 is 25.7. The van der Waals surface area contributed by atoms with Gasteiger partial charge in [0.1, 0.15) is 0 Å². The molecule has 0 radical (unpaired) electrons. The van der Waals surface area contributed by atoms with Gasteiger partial charge in [-0.25, -0.2) is 13.1 Å². The van der Waals surface area contributed by atoms with Crippen molar-refractivity contribution in [2.45, 2.75) is 45.6 Å². The Kier molecular flexibility index (Phi) is 7.68. The molecular weight excluding hydrogens is 360 g/mol. The number of nitrogens with one attached hydrogen (secondary N) is 2. The number of benzene rings is 1. The van der Waals surface area contributed by atoms with E-state index in [0.29, 0.717) is 12.5 Å². The summed E-state index contributed by atoms with van der Waals surface area (Å²) in [5.41, 5.74) is 0.796. The first-order chi connectivity index (χ1) is 12.7. The standard InChI is InChI=1S/C20H34N4O2S/c1-5-21-19(22-16-20(2,3)23-27(4,25)26)24-13-11-18(12-14-24)15-17-9-7-6-8-10-17/h6-10,18,23H,5,11-16H2,1-4H3,(H,21,22). The number of nitrogens with zero attached hydrogens (tertiary/aromatic N) is 2. The molecule has 7 heteroatoms. The lowest BCUT2D eigenvalue weighted by Crippen LogP contribution is -2.49. The molecule has 0 atom stereocenters. The predicted octanol–water partition coefficient (Wildman–Crippen LogP) is 2.23. The van der Waals surface area contributed by atoms with Crippen molar-refractivity contribution < 1.29 is 8.42 Å². The third-order valence-corrected chi connectivity index (χ3v) is 5.63. The van der Waals surface area contributed by atoms with Crippen LogP contribution < -0.4 is 10.0 Å². The SMILES string of the molecule is CCNC(=NCC(C)(C)NS(C)(=O)=O)N1CCC(Cc2ccccc2)CC1. The smallest absolute Gasteiger partial charge is 0.209 e. The maximum atomic E-state index is 11.5. The molecular formula is C20H34N4O2S. The van der Waals surface area contributed by atoms with Gasteiger partial charge in [-0.2, -0.15) is 0 Å². The van der Waals surface area contributed by atoms with E-state index in [4.69, 9.17) is 4.99 Å². The first kappa shape index (κ1) is 21.7. The average Bonchev–Trinajstić information content (AvgIpc) is 2.58. The molecule has 1 saturated heterocycles. The van der Waals surface area contributed by atoms with E-state index in [1.807, 2.05) is 13.8 Å². The van der Waals surface area contributed by atoms with Gasteiger partial charge in [0, 0.05) is 25.2 Å². The normalized spacial score (nSPS) is 17.2. The van der Waals surface area contributed by atoms with Gasteiger partial charge in [-0.15, -0.1) is 0 Å². The number of rotatable bonds is 7. The highest BCUT2D eigenvalue weighted by atomic mass is 32.2. The van der Waals surface area contributed by atoms with Crippen LogP contribution in [0.3, 0.4) is 0 Å². The van der Waals surface area contributed by atoms with E-state index >= 15 is 0 Å². The highest BCUT2D eigenvalue weighted by Crippen LogP contribution is 2.21. The van der Waals surface area contributed by atoms with E-state index < -0.39 is 15.6 Å². The maximum absolute atomic E-state index is 11.5. The molecule has 1 heterocycles. The molecule has 0 aliphatic carbocycles. The minimum atomic E-state index is -3.26. The molecule has 1 aromatic rings. The fourth-order valence-corrected chi connectivity index (χ4v) is 4.60. The number of hydrogen-bond acceptors (Lipinski definition) is 3. The molecule has 27 heavy (non-hydrogen) atoms. The first-order valence-corrected chi connectivity index (χ1v) is 11.6. The number of piperidine rings is 1. The lowest BCUT2D eigenvalue weighted by molar-refractivity contribution is 0.258. The fourth-order valence-electron chi connectivity index (χ4n) is 3.53. The number of hydrogen-bond donors (Lipinski definition) is 2. The number of sulfonamides is 1. The van der Waals surface area contributed by atoms with Gasteiger partial charge in [0.25, 0.3) is 0 Å². The Bertz CT molecular complexity index is 709. The first-order valence-electron chi connectivity index (χ1n) is 9.74. The second-order valence-electron chi connectivity index (χ2n) is 8.05. The minimum absolute atomic E-state index is 0.395. The lowest BCUT2D eigenvalue weighted by atomic mass is 9.90. The van der Waals surface area contributed by atoms with Crippen LogP contribution in [0.2, 0.25) is 0 Å². The largest absolute Gasteiger partial charge is 0.357 e. The van der Waals surface area contributed by atoms with Gasteiger partial charge in [0.2, 0.25) is 10.0 Å². The van der Waals surface area contributed by atoms with E-state index in [9.17, 15) is 8.42 Å². The van der Waals surface area contributed by atoms with Crippen LogP contribution >= 0.6 is 0 Å². The summed E-state index contributed by atoms with van der Waals surface area (Å²) in [5.74, 6) is 1.58. The van der Waals surface area contributed by atoms with Gasteiger partial charge < -0.3 is 10.2 Å². The predicted molar refractivity (Wildman–Crippen MR) is 112 cm³/mol. The molecule has 6 nitrogen and oxygen atoms in total. The molecule has 1 fully saturated rings. The van der Waals surface area contributed by atoms with Crippen LogP contribution in [0.5, 0.6) is 0 Å². The van der Waals surface area contributed by atoms with Gasteiger partial charge in [-0.1, -0.05) is 30.3 Å².